The van der Waals surface area contributed by atoms with E-state index in [0.29, 0.717) is 29.7 Å². The molecule has 5 rings (SSSR count). The Labute approximate surface area is 268 Å². The Morgan fingerprint density at radius 1 is 0.723 bits per heavy atom. The smallest absolute Gasteiger partial charge is 0.429 e. The average Bonchev–Trinajstić information content (AvgIpc) is 3.02. The van der Waals surface area contributed by atoms with E-state index in [-0.39, 0.29) is 17.2 Å². The fraction of sp³-hybridized carbons (Fsp3) is 0.316. The zero-order valence-electron chi connectivity index (χ0n) is 25.7. The van der Waals surface area contributed by atoms with Crippen LogP contribution >= 0.6 is 0 Å². The molecule has 0 spiro atoms. The highest BCUT2D eigenvalue weighted by Gasteiger charge is 2.41. The molecule has 1 nitrogen and oxygen atoms in total. The molecule has 0 N–H and O–H groups in total. The molecule has 0 bridgehead atoms. The molecule has 1 aliphatic rings. The molecular weight excluding hydrogens is 624 g/mol. The Bertz CT molecular complexity index is 1700. The maximum absolute atomic E-state index is 15.3. The quantitative estimate of drug-likeness (QED) is 0.115. The maximum Gasteiger partial charge on any atom is 0.432 e. The SMILES string of the molecule is CCCCCC1CCC(c2ccc(-c3ccc(-c4cc(F)c(C(F)(F)Oc5ccc(C=C(F)F)c(F)c5)c(F)c4)c(F)c3)cc2)CC1. The van der Waals surface area contributed by atoms with Gasteiger partial charge < -0.3 is 4.74 Å². The number of rotatable bonds is 11. The van der Waals surface area contributed by atoms with E-state index in [4.69, 9.17) is 0 Å². The Kier molecular flexibility index (Phi) is 10.7. The lowest BCUT2D eigenvalue weighted by Gasteiger charge is -2.29. The van der Waals surface area contributed by atoms with Crippen molar-refractivity contribution in [2.45, 2.75) is 70.3 Å². The Morgan fingerprint density at radius 2 is 1.36 bits per heavy atom. The minimum absolute atomic E-state index is 0.179. The van der Waals surface area contributed by atoms with Gasteiger partial charge in [-0.1, -0.05) is 69.0 Å². The first-order valence-corrected chi connectivity index (χ1v) is 15.7. The van der Waals surface area contributed by atoms with Crippen LogP contribution in [0.5, 0.6) is 5.75 Å². The van der Waals surface area contributed by atoms with E-state index in [1.54, 1.807) is 6.07 Å². The van der Waals surface area contributed by atoms with E-state index < -0.39 is 52.3 Å². The topological polar surface area (TPSA) is 9.23 Å². The van der Waals surface area contributed by atoms with Gasteiger partial charge in [-0.05, 0) is 90.1 Å². The van der Waals surface area contributed by atoms with Gasteiger partial charge in [0.2, 0.25) is 0 Å². The lowest BCUT2D eigenvalue weighted by molar-refractivity contribution is -0.189. The van der Waals surface area contributed by atoms with Crippen molar-refractivity contribution >= 4 is 6.08 Å². The van der Waals surface area contributed by atoms with Gasteiger partial charge in [-0.25, -0.2) is 17.6 Å². The number of benzene rings is 4. The van der Waals surface area contributed by atoms with Crippen molar-refractivity contribution in [3.8, 4) is 28.0 Å². The van der Waals surface area contributed by atoms with E-state index >= 15 is 4.39 Å². The molecule has 9 heteroatoms. The molecule has 4 aromatic rings. The summed E-state index contributed by atoms with van der Waals surface area (Å²) in [5.74, 6) is -5.13. The van der Waals surface area contributed by atoms with Crippen molar-refractivity contribution in [1.82, 2.24) is 0 Å². The lowest BCUT2D eigenvalue weighted by Crippen LogP contribution is -2.25. The number of hydrogen-bond acceptors (Lipinski definition) is 1. The van der Waals surface area contributed by atoms with Gasteiger partial charge >= 0.3 is 6.11 Å². The molecule has 0 saturated heterocycles. The summed E-state index contributed by atoms with van der Waals surface area (Å²) in [5.41, 5.74) is -0.359. The summed E-state index contributed by atoms with van der Waals surface area (Å²) in [6, 6.07) is 15.1. The van der Waals surface area contributed by atoms with Crippen LogP contribution in [-0.2, 0) is 6.11 Å². The molecule has 0 radical (unpaired) electrons. The van der Waals surface area contributed by atoms with Crippen LogP contribution in [-0.4, -0.2) is 0 Å². The van der Waals surface area contributed by atoms with Gasteiger partial charge in [0.25, 0.3) is 6.08 Å². The van der Waals surface area contributed by atoms with Gasteiger partial charge in [-0.3, -0.25) is 0 Å². The first-order chi connectivity index (χ1) is 22.4. The summed E-state index contributed by atoms with van der Waals surface area (Å²) in [4.78, 5) is 0. The molecule has 0 aromatic heterocycles. The fourth-order valence-electron chi connectivity index (χ4n) is 6.36. The van der Waals surface area contributed by atoms with Crippen LogP contribution in [0.25, 0.3) is 28.3 Å². The monoisotopic (exact) mass is 658 g/mol. The molecule has 0 heterocycles. The first kappa shape index (κ1) is 34.2. The van der Waals surface area contributed by atoms with Crippen molar-refractivity contribution in [3.05, 3.63) is 119 Å². The summed E-state index contributed by atoms with van der Waals surface area (Å²) in [7, 11) is 0. The highest BCUT2D eigenvalue weighted by atomic mass is 19.3. The van der Waals surface area contributed by atoms with Gasteiger partial charge in [0.15, 0.2) is 0 Å². The molecule has 4 aromatic carbocycles. The molecule has 248 valence electrons. The Hall–Kier alpha value is -4.14. The summed E-state index contributed by atoms with van der Waals surface area (Å²) in [6.45, 7) is 2.22. The third-order valence-corrected chi connectivity index (χ3v) is 8.87. The van der Waals surface area contributed by atoms with Crippen LogP contribution in [0.15, 0.2) is 78.9 Å². The summed E-state index contributed by atoms with van der Waals surface area (Å²) in [6.07, 6.45) is 3.21. The number of halogens is 8. The van der Waals surface area contributed by atoms with Crippen LogP contribution in [0.1, 0.15) is 80.9 Å². The summed E-state index contributed by atoms with van der Waals surface area (Å²) < 4.78 is 118. The third-order valence-electron chi connectivity index (χ3n) is 8.87. The van der Waals surface area contributed by atoms with Crippen molar-refractivity contribution in [3.63, 3.8) is 0 Å². The normalized spacial score (nSPS) is 16.6. The second-order valence-electron chi connectivity index (χ2n) is 12.1. The molecule has 1 aliphatic carbocycles. The molecule has 1 fully saturated rings. The number of ether oxygens (including phenoxy) is 1. The van der Waals surface area contributed by atoms with Gasteiger partial charge in [-0.15, -0.1) is 0 Å². The van der Waals surface area contributed by atoms with Crippen LogP contribution in [0.4, 0.5) is 35.1 Å². The predicted molar refractivity (Wildman–Crippen MR) is 167 cm³/mol. The minimum atomic E-state index is -4.62. The van der Waals surface area contributed by atoms with Crippen molar-refractivity contribution in [2.24, 2.45) is 5.92 Å². The Balaban J connectivity index is 1.29. The minimum Gasteiger partial charge on any atom is -0.429 e. The standard InChI is InChI=1S/C38H34F8O/c1-2-3-4-5-23-6-8-24(9-7-23)25-10-12-26(13-11-25)27-15-17-31(33(40)18-27)29-19-34(41)37(35(42)20-29)38(45,46)47-30-16-14-28(21-36(43)44)32(39)22-30/h10-24H,2-9H2,1H3. The van der Waals surface area contributed by atoms with Crippen molar-refractivity contribution in [1.29, 1.82) is 0 Å². The van der Waals surface area contributed by atoms with E-state index in [1.165, 1.54) is 56.2 Å². The number of alkyl halides is 2. The molecule has 0 unspecified atom stereocenters. The molecule has 0 aliphatic heterocycles. The summed E-state index contributed by atoms with van der Waals surface area (Å²) >= 11 is 0. The predicted octanol–water partition coefficient (Wildman–Crippen LogP) is 12.8. The van der Waals surface area contributed by atoms with Crippen LogP contribution in [0, 0.1) is 29.2 Å². The Morgan fingerprint density at radius 3 is 1.96 bits per heavy atom. The van der Waals surface area contributed by atoms with Crippen molar-refractivity contribution < 1.29 is 39.9 Å². The van der Waals surface area contributed by atoms with Gasteiger partial charge in [0.1, 0.15) is 34.6 Å². The van der Waals surface area contributed by atoms with Gasteiger partial charge in [0.05, 0.1) is 0 Å². The zero-order chi connectivity index (χ0) is 33.7. The fourth-order valence-corrected chi connectivity index (χ4v) is 6.36. The summed E-state index contributed by atoms with van der Waals surface area (Å²) in [5, 5.41) is 0. The lowest BCUT2D eigenvalue weighted by atomic mass is 9.77. The molecule has 0 atom stereocenters. The van der Waals surface area contributed by atoms with Gasteiger partial charge in [-0.2, -0.15) is 17.6 Å². The molecule has 1 saturated carbocycles. The molecule has 0 amide bonds. The van der Waals surface area contributed by atoms with E-state index in [1.807, 2.05) is 12.1 Å². The van der Waals surface area contributed by atoms with Crippen LogP contribution < -0.4 is 4.74 Å². The highest BCUT2D eigenvalue weighted by molar-refractivity contribution is 5.71. The van der Waals surface area contributed by atoms with Gasteiger partial charge in [0, 0.05) is 23.3 Å². The second kappa shape index (κ2) is 14.7. The highest BCUT2D eigenvalue weighted by Crippen LogP contribution is 2.40. The average molecular weight is 659 g/mol. The number of hydrogen-bond donors (Lipinski definition) is 0. The van der Waals surface area contributed by atoms with E-state index in [0.717, 1.165) is 36.5 Å². The zero-order valence-corrected chi connectivity index (χ0v) is 25.7. The second-order valence-corrected chi connectivity index (χ2v) is 12.1. The molecular formula is C38H34F8O. The van der Waals surface area contributed by atoms with E-state index in [9.17, 15) is 30.7 Å². The van der Waals surface area contributed by atoms with Crippen molar-refractivity contribution in [2.75, 3.05) is 0 Å². The van der Waals surface area contributed by atoms with Crippen LogP contribution in [0.3, 0.4) is 0 Å². The van der Waals surface area contributed by atoms with Crippen LogP contribution in [0.2, 0.25) is 0 Å². The number of unbranched alkanes of at least 4 members (excludes halogenated alkanes) is 2. The maximum atomic E-state index is 15.3. The third kappa shape index (κ3) is 8.24. The largest absolute Gasteiger partial charge is 0.432 e. The first-order valence-electron chi connectivity index (χ1n) is 15.7. The van der Waals surface area contributed by atoms with E-state index in [2.05, 4.69) is 23.8 Å². The molecule has 47 heavy (non-hydrogen) atoms.